The molecule has 3 amide bonds. The van der Waals surface area contributed by atoms with E-state index in [1.807, 2.05) is 45.9 Å². The van der Waals surface area contributed by atoms with Crippen molar-refractivity contribution in [3.8, 4) is 0 Å². The van der Waals surface area contributed by atoms with Gasteiger partial charge >= 0.3 is 0 Å². The summed E-state index contributed by atoms with van der Waals surface area (Å²) in [6.07, 6.45) is 0.765. The summed E-state index contributed by atoms with van der Waals surface area (Å²) in [5, 5.41) is 15.9. The molecular formula is C24H33N3O5. The predicted octanol–water partition coefficient (Wildman–Crippen LogP) is 1.38. The Morgan fingerprint density at radius 3 is 2.47 bits per heavy atom. The molecule has 8 heteroatoms. The van der Waals surface area contributed by atoms with Crippen LogP contribution in [0, 0.1) is 31.6 Å². The molecule has 32 heavy (non-hydrogen) atoms. The Labute approximate surface area is 188 Å². The van der Waals surface area contributed by atoms with Crippen LogP contribution >= 0.6 is 0 Å². The number of carbonyl (C=O) groups is 3. The fourth-order valence-electron chi connectivity index (χ4n) is 6.04. The molecule has 1 aromatic carbocycles. The van der Waals surface area contributed by atoms with Gasteiger partial charge in [0, 0.05) is 12.7 Å². The molecule has 3 aliphatic heterocycles. The van der Waals surface area contributed by atoms with Crippen molar-refractivity contribution in [1.82, 2.24) is 10.2 Å². The highest BCUT2D eigenvalue weighted by molar-refractivity contribution is 6.04. The van der Waals surface area contributed by atoms with Gasteiger partial charge in [-0.05, 0) is 43.7 Å². The molecular weight excluding hydrogens is 410 g/mol. The zero-order valence-electron chi connectivity index (χ0n) is 19.3. The molecule has 0 saturated carbocycles. The summed E-state index contributed by atoms with van der Waals surface area (Å²) in [4.78, 5) is 41.8. The average molecular weight is 444 g/mol. The minimum Gasteiger partial charge on any atom is -0.394 e. The van der Waals surface area contributed by atoms with Crippen molar-refractivity contribution >= 4 is 23.4 Å². The fraction of sp³-hybridized carbons (Fsp3) is 0.625. The Bertz CT molecular complexity index is 927. The zero-order valence-corrected chi connectivity index (χ0v) is 19.3. The van der Waals surface area contributed by atoms with Gasteiger partial charge < -0.3 is 25.4 Å². The van der Waals surface area contributed by atoms with Gasteiger partial charge in [-0.15, -0.1) is 0 Å². The maximum Gasteiger partial charge on any atom is 0.250 e. The summed E-state index contributed by atoms with van der Waals surface area (Å²) in [6, 6.07) is 4.30. The number of aryl methyl sites for hydroxylation is 2. The van der Waals surface area contributed by atoms with Crippen LogP contribution in [0.15, 0.2) is 18.2 Å². The van der Waals surface area contributed by atoms with Gasteiger partial charge in [0.2, 0.25) is 17.7 Å². The molecule has 2 bridgehead atoms. The van der Waals surface area contributed by atoms with Gasteiger partial charge in [-0.3, -0.25) is 14.4 Å². The van der Waals surface area contributed by atoms with Crippen LogP contribution < -0.4 is 10.6 Å². The highest BCUT2D eigenvalue weighted by Gasteiger charge is 2.75. The van der Waals surface area contributed by atoms with Crippen LogP contribution in [-0.4, -0.2) is 65.2 Å². The lowest BCUT2D eigenvalue weighted by molar-refractivity contribution is -0.145. The van der Waals surface area contributed by atoms with Crippen LogP contribution in [0.3, 0.4) is 0 Å². The van der Waals surface area contributed by atoms with Crippen molar-refractivity contribution in [2.45, 2.75) is 64.3 Å². The summed E-state index contributed by atoms with van der Waals surface area (Å²) in [5.41, 5.74) is 1.49. The van der Waals surface area contributed by atoms with Gasteiger partial charge in [0.15, 0.2) is 0 Å². The second-order valence-electron chi connectivity index (χ2n) is 9.67. The number of hydrogen-bond donors (Lipinski definition) is 3. The van der Waals surface area contributed by atoms with E-state index in [1.54, 1.807) is 7.05 Å². The Kier molecular flexibility index (Phi) is 5.79. The van der Waals surface area contributed by atoms with Crippen molar-refractivity contribution in [2.24, 2.45) is 17.8 Å². The predicted molar refractivity (Wildman–Crippen MR) is 119 cm³/mol. The molecule has 1 spiro atoms. The average Bonchev–Trinajstić information content (AvgIpc) is 3.38. The van der Waals surface area contributed by atoms with E-state index < -0.39 is 29.5 Å². The summed E-state index contributed by atoms with van der Waals surface area (Å²) >= 11 is 0. The molecule has 8 nitrogen and oxygen atoms in total. The van der Waals surface area contributed by atoms with Crippen molar-refractivity contribution in [3.05, 3.63) is 29.3 Å². The zero-order chi connectivity index (χ0) is 23.4. The summed E-state index contributed by atoms with van der Waals surface area (Å²) in [6.45, 7) is 7.40. The number of amides is 3. The topological polar surface area (TPSA) is 108 Å². The van der Waals surface area contributed by atoms with Gasteiger partial charge in [0.1, 0.15) is 11.6 Å². The number of aliphatic hydroxyl groups is 1. The van der Waals surface area contributed by atoms with Crippen molar-refractivity contribution in [2.75, 3.05) is 19.0 Å². The molecule has 4 rings (SSSR count). The number of anilines is 1. The van der Waals surface area contributed by atoms with Gasteiger partial charge in [-0.1, -0.05) is 32.0 Å². The third-order valence-electron chi connectivity index (χ3n) is 7.58. The molecule has 0 aromatic heterocycles. The van der Waals surface area contributed by atoms with Crippen LogP contribution in [0.1, 0.15) is 37.8 Å². The minimum absolute atomic E-state index is 0.0784. The van der Waals surface area contributed by atoms with E-state index in [1.165, 1.54) is 4.90 Å². The number of nitrogens with zero attached hydrogens (tertiary/aromatic N) is 1. The second-order valence-corrected chi connectivity index (χ2v) is 9.67. The minimum atomic E-state index is -1.07. The van der Waals surface area contributed by atoms with Gasteiger partial charge in [-0.2, -0.15) is 0 Å². The lowest BCUT2D eigenvalue weighted by Gasteiger charge is -2.38. The number of likely N-dealkylation sites (tertiary alicyclic amines) is 1. The Hall–Kier alpha value is -2.45. The number of benzene rings is 1. The van der Waals surface area contributed by atoms with Crippen molar-refractivity contribution in [1.29, 1.82) is 0 Å². The first-order chi connectivity index (χ1) is 15.2. The maximum atomic E-state index is 13.8. The first kappa shape index (κ1) is 22.7. The smallest absolute Gasteiger partial charge is 0.250 e. The SMILES string of the molecule is CNC(=O)[C@@H]1[C@H]2C(=O)N([C@@H](CO)C(C)C)C(C(=O)Nc3c(C)cccc3C)C23CC[C@H]1O3. The highest BCUT2D eigenvalue weighted by atomic mass is 16.5. The molecule has 6 atom stereocenters. The second kappa shape index (κ2) is 8.15. The van der Waals surface area contributed by atoms with Crippen LogP contribution in [0.2, 0.25) is 0 Å². The number of carbonyl (C=O) groups excluding carboxylic acids is 3. The Balaban J connectivity index is 1.79. The number of hydrogen-bond acceptors (Lipinski definition) is 5. The van der Waals surface area contributed by atoms with Crippen molar-refractivity contribution in [3.63, 3.8) is 0 Å². The van der Waals surface area contributed by atoms with Crippen LogP contribution in [0.5, 0.6) is 0 Å². The van der Waals surface area contributed by atoms with Crippen LogP contribution in [-0.2, 0) is 19.1 Å². The molecule has 3 aliphatic rings. The van der Waals surface area contributed by atoms with E-state index in [4.69, 9.17) is 4.74 Å². The number of rotatable bonds is 6. The first-order valence-corrected chi connectivity index (χ1v) is 11.4. The number of para-hydroxylation sites is 1. The lowest BCUT2D eigenvalue weighted by atomic mass is 9.70. The van der Waals surface area contributed by atoms with Crippen LogP contribution in [0.25, 0.3) is 0 Å². The molecule has 0 radical (unpaired) electrons. The summed E-state index contributed by atoms with van der Waals surface area (Å²) < 4.78 is 6.36. The van der Waals surface area contributed by atoms with E-state index in [2.05, 4.69) is 10.6 Å². The third kappa shape index (κ3) is 3.15. The fourth-order valence-corrected chi connectivity index (χ4v) is 6.04. The first-order valence-electron chi connectivity index (χ1n) is 11.4. The molecule has 2 unspecified atom stereocenters. The maximum absolute atomic E-state index is 13.8. The molecule has 3 heterocycles. The van der Waals surface area contributed by atoms with E-state index in [0.717, 1.165) is 11.1 Å². The van der Waals surface area contributed by atoms with Crippen molar-refractivity contribution < 1.29 is 24.2 Å². The number of nitrogens with one attached hydrogen (secondary N) is 2. The highest BCUT2D eigenvalue weighted by Crippen LogP contribution is 2.59. The lowest BCUT2D eigenvalue weighted by Crippen LogP contribution is -2.57. The monoisotopic (exact) mass is 443 g/mol. The third-order valence-corrected chi connectivity index (χ3v) is 7.58. The largest absolute Gasteiger partial charge is 0.394 e. The van der Waals surface area contributed by atoms with E-state index in [0.29, 0.717) is 18.5 Å². The number of aliphatic hydroxyl groups excluding tert-OH is 1. The molecule has 3 saturated heterocycles. The molecule has 3 N–H and O–H groups in total. The molecule has 174 valence electrons. The normalized spacial score (nSPS) is 31.7. The number of fused-ring (bicyclic) bond motifs is 1. The van der Waals surface area contributed by atoms with Gasteiger partial charge in [0.25, 0.3) is 0 Å². The quantitative estimate of drug-likeness (QED) is 0.616. The summed E-state index contributed by atoms with van der Waals surface area (Å²) in [5.74, 6) is -2.30. The van der Waals surface area contributed by atoms with E-state index >= 15 is 0 Å². The molecule has 1 aromatic rings. The van der Waals surface area contributed by atoms with Crippen LogP contribution in [0.4, 0.5) is 5.69 Å². The molecule has 3 fully saturated rings. The number of ether oxygens (including phenoxy) is 1. The van der Waals surface area contributed by atoms with E-state index in [-0.39, 0.29) is 36.4 Å². The molecule has 0 aliphatic carbocycles. The Morgan fingerprint density at radius 2 is 1.91 bits per heavy atom. The van der Waals surface area contributed by atoms with Gasteiger partial charge in [0.05, 0.1) is 30.6 Å². The standard InChI is InChI=1S/C24H33N3O5/c1-12(2)15(11-28)27-20(22(30)26-19-13(3)7-6-8-14(19)4)24-10-9-16(32-24)17(21(29)25-5)18(24)23(27)31/h6-8,12,15-18,20,28H,9-11H2,1-5H3,(H,25,29)(H,26,30)/t15-,16+,17-,18-,20?,24?/m0/s1. The summed E-state index contributed by atoms with van der Waals surface area (Å²) in [7, 11) is 1.55. The van der Waals surface area contributed by atoms with Gasteiger partial charge in [-0.25, -0.2) is 0 Å². The van der Waals surface area contributed by atoms with E-state index in [9.17, 15) is 19.5 Å². The Morgan fingerprint density at radius 1 is 1.25 bits per heavy atom.